The molecule has 98 valence electrons. The van der Waals surface area contributed by atoms with Gasteiger partial charge in [0.1, 0.15) is 0 Å². The highest BCUT2D eigenvalue weighted by atomic mass is 15.2. The number of rotatable bonds is 1. The molecule has 0 bridgehead atoms. The Hall–Kier alpha value is -1.77. The second-order valence-corrected chi connectivity index (χ2v) is 5.96. The Balaban J connectivity index is 1.75. The fraction of sp³-hybridized carbons (Fsp3) is 0.438. The number of pyridine rings is 1. The van der Waals surface area contributed by atoms with Gasteiger partial charge in [-0.3, -0.25) is 4.98 Å². The lowest BCUT2D eigenvalue weighted by Gasteiger charge is -2.21. The summed E-state index contributed by atoms with van der Waals surface area (Å²) < 4.78 is 0. The third-order valence-corrected chi connectivity index (χ3v) is 4.81. The van der Waals surface area contributed by atoms with Crippen molar-refractivity contribution in [1.82, 2.24) is 4.98 Å². The lowest BCUT2D eigenvalue weighted by Crippen LogP contribution is -2.21. The standard InChI is InChI=1S/C16H19N3/c17-13-4-5-14-15(8-13)18-7-6-16(14)19-9-11-2-1-3-12(11)10-19/h4-8,11-12H,1-3,9-10,17H2. The summed E-state index contributed by atoms with van der Waals surface area (Å²) in [5, 5.41) is 1.23. The van der Waals surface area contributed by atoms with Crippen LogP contribution in [0.5, 0.6) is 0 Å². The molecule has 19 heavy (non-hydrogen) atoms. The SMILES string of the molecule is Nc1ccc2c(N3CC4CCCC4C3)ccnc2c1. The smallest absolute Gasteiger partial charge is 0.0743 e. The normalized spacial score (nSPS) is 26.0. The van der Waals surface area contributed by atoms with E-state index < -0.39 is 0 Å². The number of aromatic nitrogens is 1. The quantitative estimate of drug-likeness (QED) is 0.794. The van der Waals surface area contributed by atoms with E-state index in [0.29, 0.717) is 0 Å². The van der Waals surface area contributed by atoms with Crippen LogP contribution in [0.15, 0.2) is 30.5 Å². The van der Waals surface area contributed by atoms with E-state index >= 15 is 0 Å². The molecule has 3 nitrogen and oxygen atoms in total. The maximum atomic E-state index is 5.85. The molecule has 2 fully saturated rings. The van der Waals surface area contributed by atoms with Crippen LogP contribution in [0.3, 0.4) is 0 Å². The summed E-state index contributed by atoms with van der Waals surface area (Å²) in [6.45, 7) is 2.43. The molecule has 2 atom stereocenters. The lowest BCUT2D eigenvalue weighted by atomic mass is 10.0. The van der Waals surface area contributed by atoms with Crippen LogP contribution >= 0.6 is 0 Å². The van der Waals surface area contributed by atoms with Crippen LogP contribution in [0, 0.1) is 11.8 Å². The molecule has 1 aromatic heterocycles. The van der Waals surface area contributed by atoms with Gasteiger partial charge in [0.25, 0.3) is 0 Å². The first-order valence-electron chi connectivity index (χ1n) is 7.20. The largest absolute Gasteiger partial charge is 0.399 e. The van der Waals surface area contributed by atoms with E-state index in [1.165, 1.54) is 43.4 Å². The Morgan fingerprint density at radius 3 is 2.68 bits per heavy atom. The second kappa shape index (κ2) is 4.12. The average Bonchev–Trinajstić information content (AvgIpc) is 2.98. The third-order valence-electron chi connectivity index (χ3n) is 4.81. The van der Waals surface area contributed by atoms with Crippen molar-refractivity contribution in [1.29, 1.82) is 0 Å². The number of nitrogens with zero attached hydrogens (tertiary/aromatic N) is 2. The van der Waals surface area contributed by atoms with Crippen LogP contribution in [-0.2, 0) is 0 Å². The number of benzene rings is 1. The Kier molecular flexibility index (Phi) is 2.40. The molecule has 0 radical (unpaired) electrons. The molecule has 2 aromatic rings. The number of fused-ring (bicyclic) bond motifs is 2. The fourth-order valence-electron chi connectivity index (χ4n) is 3.86. The monoisotopic (exact) mass is 253 g/mol. The Labute approximate surface area is 113 Å². The van der Waals surface area contributed by atoms with E-state index in [4.69, 9.17) is 5.73 Å². The van der Waals surface area contributed by atoms with Crippen LogP contribution in [0.1, 0.15) is 19.3 Å². The van der Waals surface area contributed by atoms with Crippen molar-refractivity contribution >= 4 is 22.3 Å². The Morgan fingerprint density at radius 2 is 1.89 bits per heavy atom. The van der Waals surface area contributed by atoms with E-state index in [1.807, 2.05) is 18.3 Å². The van der Waals surface area contributed by atoms with Crippen LogP contribution in [-0.4, -0.2) is 18.1 Å². The molecule has 2 N–H and O–H groups in total. The van der Waals surface area contributed by atoms with Crippen molar-refractivity contribution in [2.45, 2.75) is 19.3 Å². The predicted molar refractivity (Wildman–Crippen MR) is 79.2 cm³/mol. The molecule has 2 heterocycles. The lowest BCUT2D eigenvalue weighted by molar-refractivity contribution is 0.494. The van der Waals surface area contributed by atoms with E-state index in [1.54, 1.807) is 0 Å². The van der Waals surface area contributed by atoms with Crippen molar-refractivity contribution in [3.63, 3.8) is 0 Å². The van der Waals surface area contributed by atoms with Gasteiger partial charge in [-0.15, -0.1) is 0 Å². The molecule has 0 amide bonds. The summed E-state index contributed by atoms with van der Waals surface area (Å²) in [6, 6.07) is 8.21. The van der Waals surface area contributed by atoms with Crippen LogP contribution in [0.25, 0.3) is 10.9 Å². The van der Waals surface area contributed by atoms with Gasteiger partial charge in [0.05, 0.1) is 5.52 Å². The summed E-state index contributed by atoms with van der Waals surface area (Å²) in [7, 11) is 0. The van der Waals surface area contributed by atoms with Gasteiger partial charge >= 0.3 is 0 Å². The number of hydrogen-bond donors (Lipinski definition) is 1. The van der Waals surface area contributed by atoms with Gasteiger partial charge in [-0.25, -0.2) is 0 Å². The molecule has 0 spiro atoms. The van der Waals surface area contributed by atoms with Gasteiger partial charge < -0.3 is 10.6 Å². The minimum Gasteiger partial charge on any atom is -0.399 e. The molecule has 2 unspecified atom stereocenters. The average molecular weight is 253 g/mol. The summed E-state index contributed by atoms with van der Waals surface area (Å²) in [4.78, 5) is 6.99. The zero-order valence-electron chi connectivity index (χ0n) is 11.0. The summed E-state index contributed by atoms with van der Waals surface area (Å²) >= 11 is 0. The minimum atomic E-state index is 0.787. The molecule has 1 aliphatic heterocycles. The van der Waals surface area contributed by atoms with Gasteiger partial charge in [-0.2, -0.15) is 0 Å². The molecule has 1 saturated heterocycles. The number of nitrogen functional groups attached to an aromatic ring is 1. The summed E-state index contributed by atoms with van der Waals surface area (Å²) in [5.74, 6) is 1.83. The van der Waals surface area contributed by atoms with Crippen molar-refractivity contribution in [2.75, 3.05) is 23.7 Å². The molecule has 1 aromatic carbocycles. The molecular weight excluding hydrogens is 234 g/mol. The van der Waals surface area contributed by atoms with E-state index in [2.05, 4.69) is 22.0 Å². The number of anilines is 2. The van der Waals surface area contributed by atoms with Crippen molar-refractivity contribution < 1.29 is 0 Å². The van der Waals surface area contributed by atoms with Crippen molar-refractivity contribution in [3.05, 3.63) is 30.5 Å². The first kappa shape index (κ1) is 11.1. The third kappa shape index (κ3) is 1.76. The molecule has 2 aliphatic rings. The van der Waals surface area contributed by atoms with Crippen molar-refractivity contribution in [2.24, 2.45) is 11.8 Å². The molecule has 4 rings (SSSR count). The van der Waals surface area contributed by atoms with Crippen LogP contribution < -0.4 is 10.6 Å². The summed E-state index contributed by atoms with van der Waals surface area (Å²) in [5.41, 5.74) is 8.98. The van der Waals surface area contributed by atoms with Gasteiger partial charge in [-0.05, 0) is 48.9 Å². The zero-order chi connectivity index (χ0) is 12.8. The zero-order valence-corrected chi connectivity index (χ0v) is 11.0. The first-order chi connectivity index (χ1) is 9.31. The van der Waals surface area contributed by atoms with E-state index in [-0.39, 0.29) is 0 Å². The number of hydrogen-bond acceptors (Lipinski definition) is 3. The number of nitrogens with two attached hydrogens (primary N) is 1. The molecule has 3 heteroatoms. The maximum Gasteiger partial charge on any atom is 0.0743 e. The first-order valence-corrected chi connectivity index (χ1v) is 7.20. The molecule has 1 aliphatic carbocycles. The van der Waals surface area contributed by atoms with E-state index in [9.17, 15) is 0 Å². The maximum absolute atomic E-state index is 5.85. The predicted octanol–water partition coefficient (Wildman–Crippen LogP) is 3.05. The fourth-order valence-corrected chi connectivity index (χ4v) is 3.86. The van der Waals surface area contributed by atoms with Gasteiger partial charge in [0, 0.05) is 36.0 Å². The van der Waals surface area contributed by atoms with Crippen LogP contribution in [0.2, 0.25) is 0 Å². The highest BCUT2D eigenvalue weighted by Crippen LogP contribution is 2.41. The molecular formula is C16H19N3. The van der Waals surface area contributed by atoms with E-state index in [0.717, 1.165) is 23.0 Å². The minimum absolute atomic E-state index is 0.787. The Bertz CT molecular complexity index is 610. The highest BCUT2D eigenvalue weighted by Gasteiger charge is 2.36. The van der Waals surface area contributed by atoms with Gasteiger partial charge in [0.2, 0.25) is 0 Å². The topological polar surface area (TPSA) is 42.1 Å². The van der Waals surface area contributed by atoms with Gasteiger partial charge in [-0.1, -0.05) is 6.42 Å². The van der Waals surface area contributed by atoms with Crippen molar-refractivity contribution in [3.8, 4) is 0 Å². The van der Waals surface area contributed by atoms with Crippen LogP contribution in [0.4, 0.5) is 11.4 Å². The summed E-state index contributed by atoms with van der Waals surface area (Å²) in [6.07, 6.45) is 6.16. The second-order valence-electron chi connectivity index (χ2n) is 5.96. The van der Waals surface area contributed by atoms with Gasteiger partial charge in [0.15, 0.2) is 0 Å². The Morgan fingerprint density at radius 1 is 1.11 bits per heavy atom. The molecule has 1 saturated carbocycles. The highest BCUT2D eigenvalue weighted by molar-refractivity contribution is 5.93.